The molecular weight excluding hydrogens is 200 g/mol. The maximum atomic E-state index is 10.8. The van der Waals surface area contributed by atoms with E-state index in [2.05, 4.69) is 6.58 Å². The van der Waals surface area contributed by atoms with Crippen LogP contribution in [0.4, 0.5) is 0 Å². The molecule has 3 heteroatoms. The zero-order chi connectivity index (χ0) is 10.6. The van der Waals surface area contributed by atoms with Gasteiger partial charge in [0.1, 0.15) is 5.75 Å². The molecule has 2 nitrogen and oxygen atoms in total. The first-order chi connectivity index (χ1) is 6.59. The third kappa shape index (κ3) is 3.23. The van der Waals surface area contributed by atoms with Crippen molar-refractivity contribution in [2.45, 2.75) is 13.3 Å². The minimum Gasteiger partial charge on any atom is -0.426 e. The third-order valence-corrected chi connectivity index (χ3v) is 1.74. The van der Waals surface area contributed by atoms with Crippen molar-refractivity contribution < 1.29 is 9.53 Å². The van der Waals surface area contributed by atoms with Crippen molar-refractivity contribution in [3.8, 4) is 5.75 Å². The first-order valence-corrected chi connectivity index (χ1v) is 4.57. The van der Waals surface area contributed by atoms with Crippen molar-refractivity contribution in [3.63, 3.8) is 0 Å². The fourth-order valence-corrected chi connectivity index (χ4v) is 1.25. The summed E-state index contributed by atoms with van der Waals surface area (Å²) in [6.45, 7) is 4.96. The lowest BCUT2D eigenvalue weighted by Crippen LogP contribution is -2.03. The molecule has 0 aromatic heterocycles. The van der Waals surface area contributed by atoms with Crippen LogP contribution in [0.15, 0.2) is 35.9 Å². The second kappa shape index (κ2) is 4.82. The summed E-state index contributed by atoms with van der Waals surface area (Å²) >= 11 is 5.69. The quantitative estimate of drug-likeness (QED) is 0.567. The molecule has 0 aliphatic rings. The van der Waals surface area contributed by atoms with E-state index in [1.807, 2.05) is 12.1 Å². The van der Waals surface area contributed by atoms with E-state index in [1.54, 1.807) is 12.1 Å². The number of hydrogen-bond acceptors (Lipinski definition) is 2. The molecule has 1 rings (SSSR count). The Hall–Kier alpha value is -1.28. The maximum Gasteiger partial charge on any atom is 0.308 e. The zero-order valence-electron chi connectivity index (χ0n) is 7.92. The molecule has 0 spiro atoms. The van der Waals surface area contributed by atoms with Crippen LogP contribution in [-0.4, -0.2) is 5.97 Å². The van der Waals surface area contributed by atoms with Crippen LogP contribution in [0.3, 0.4) is 0 Å². The summed E-state index contributed by atoms with van der Waals surface area (Å²) < 4.78 is 5.01. The standard InChI is InChI=1S/C11H11ClO2/c1-8(12)7-10-5-3-4-6-11(10)14-9(2)13/h3-6H,1,7H2,2H3. The number of benzene rings is 1. The fraction of sp³-hybridized carbons (Fsp3) is 0.182. The summed E-state index contributed by atoms with van der Waals surface area (Å²) in [5.41, 5.74) is 0.864. The number of hydrogen-bond donors (Lipinski definition) is 0. The second-order valence-electron chi connectivity index (χ2n) is 2.90. The minimum absolute atomic E-state index is 0.336. The van der Waals surface area contributed by atoms with Crippen molar-refractivity contribution in [2.24, 2.45) is 0 Å². The van der Waals surface area contributed by atoms with E-state index in [4.69, 9.17) is 16.3 Å². The topological polar surface area (TPSA) is 26.3 Å². The number of carbonyl (C=O) groups is 1. The lowest BCUT2D eigenvalue weighted by atomic mass is 10.1. The molecular formula is C11H11ClO2. The first kappa shape index (κ1) is 10.8. The summed E-state index contributed by atoms with van der Waals surface area (Å²) in [5, 5.41) is 0.518. The Labute approximate surface area is 88.1 Å². The van der Waals surface area contributed by atoms with Crippen LogP contribution < -0.4 is 4.74 Å². The van der Waals surface area contributed by atoms with Crippen molar-refractivity contribution in [1.82, 2.24) is 0 Å². The fourth-order valence-electron chi connectivity index (χ4n) is 1.11. The molecule has 0 saturated carbocycles. The van der Waals surface area contributed by atoms with Gasteiger partial charge >= 0.3 is 5.97 Å². The predicted octanol–water partition coefficient (Wildman–Crippen LogP) is 2.91. The number of rotatable bonds is 3. The summed E-state index contributed by atoms with van der Waals surface area (Å²) in [5.74, 6) is 0.208. The highest BCUT2D eigenvalue weighted by molar-refractivity contribution is 6.29. The van der Waals surface area contributed by atoms with Crippen LogP contribution in [0, 0.1) is 0 Å². The van der Waals surface area contributed by atoms with Crippen molar-refractivity contribution >= 4 is 17.6 Å². The molecule has 0 aliphatic heterocycles. The summed E-state index contributed by atoms with van der Waals surface area (Å²) in [4.78, 5) is 10.8. The number of halogens is 1. The van der Waals surface area contributed by atoms with Crippen molar-refractivity contribution in [1.29, 1.82) is 0 Å². The summed E-state index contributed by atoms with van der Waals surface area (Å²) in [6, 6.07) is 7.25. The van der Waals surface area contributed by atoms with Crippen LogP contribution in [0.5, 0.6) is 5.75 Å². The van der Waals surface area contributed by atoms with Gasteiger partial charge in [0.15, 0.2) is 0 Å². The Morgan fingerprint density at radius 1 is 1.50 bits per heavy atom. The molecule has 0 atom stereocenters. The number of ether oxygens (including phenoxy) is 1. The molecule has 1 aromatic rings. The normalized spacial score (nSPS) is 9.57. The van der Waals surface area contributed by atoms with Crippen LogP contribution in [0.25, 0.3) is 0 Å². The van der Waals surface area contributed by atoms with Crippen LogP contribution in [-0.2, 0) is 11.2 Å². The van der Waals surface area contributed by atoms with Crippen LogP contribution in [0.2, 0.25) is 0 Å². The molecule has 0 heterocycles. The molecule has 14 heavy (non-hydrogen) atoms. The number of allylic oxidation sites excluding steroid dienone is 1. The molecule has 0 amide bonds. The second-order valence-corrected chi connectivity index (χ2v) is 3.43. The van der Waals surface area contributed by atoms with E-state index < -0.39 is 0 Å². The lowest BCUT2D eigenvalue weighted by Gasteiger charge is -2.07. The van der Waals surface area contributed by atoms with Crippen molar-refractivity contribution in [2.75, 3.05) is 0 Å². The molecule has 0 aliphatic carbocycles. The van der Waals surface area contributed by atoms with Crippen LogP contribution in [0.1, 0.15) is 12.5 Å². The van der Waals surface area contributed by atoms with Gasteiger partial charge in [-0.05, 0) is 6.07 Å². The predicted molar refractivity (Wildman–Crippen MR) is 56.4 cm³/mol. The van der Waals surface area contributed by atoms with Crippen molar-refractivity contribution in [3.05, 3.63) is 41.4 Å². The number of esters is 1. The van der Waals surface area contributed by atoms with Gasteiger partial charge in [0.05, 0.1) is 0 Å². The van der Waals surface area contributed by atoms with E-state index in [9.17, 15) is 4.79 Å². The smallest absolute Gasteiger partial charge is 0.308 e. The molecule has 0 bridgehead atoms. The molecule has 0 saturated heterocycles. The van der Waals surface area contributed by atoms with Gasteiger partial charge in [0, 0.05) is 23.9 Å². The molecule has 0 fully saturated rings. The van der Waals surface area contributed by atoms with E-state index in [0.717, 1.165) is 5.56 Å². The van der Waals surface area contributed by atoms with Gasteiger partial charge in [0.2, 0.25) is 0 Å². The van der Waals surface area contributed by atoms with Gasteiger partial charge in [-0.25, -0.2) is 0 Å². The molecule has 0 N–H and O–H groups in total. The first-order valence-electron chi connectivity index (χ1n) is 4.19. The molecule has 0 unspecified atom stereocenters. The van der Waals surface area contributed by atoms with Gasteiger partial charge in [-0.2, -0.15) is 0 Å². The Balaban J connectivity index is 2.90. The van der Waals surface area contributed by atoms with Gasteiger partial charge in [-0.15, -0.1) is 0 Å². The highest BCUT2D eigenvalue weighted by atomic mass is 35.5. The van der Waals surface area contributed by atoms with Gasteiger partial charge in [0.25, 0.3) is 0 Å². The Kier molecular flexibility index (Phi) is 3.72. The van der Waals surface area contributed by atoms with E-state index in [-0.39, 0.29) is 5.97 Å². The molecule has 0 radical (unpaired) electrons. The third-order valence-electron chi connectivity index (χ3n) is 1.61. The monoisotopic (exact) mass is 210 g/mol. The van der Waals surface area contributed by atoms with E-state index in [1.165, 1.54) is 6.92 Å². The summed E-state index contributed by atoms with van der Waals surface area (Å²) in [6.07, 6.45) is 0.505. The Morgan fingerprint density at radius 3 is 2.71 bits per heavy atom. The Morgan fingerprint density at radius 2 is 2.14 bits per heavy atom. The average Bonchev–Trinajstić information content (AvgIpc) is 2.06. The van der Waals surface area contributed by atoms with Crippen LogP contribution >= 0.6 is 11.6 Å². The lowest BCUT2D eigenvalue weighted by molar-refractivity contribution is -0.131. The minimum atomic E-state index is -0.336. The average molecular weight is 211 g/mol. The van der Waals surface area contributed by atoms with Gasteiger partial charge < -0.3 is 4.74 Å². The highest BCUT2D eigenvalue weighted by Crippen LogP contribution is 2.21. The number of para-hydroxylation sites is 1. The largest absolute Gasteiger partial charge is 0.426 e. The number of carbonyl (C=O) groups excluding carboxylic acids is 1. The van der Waals surface area contributed by atoms with E-state index in [0.29, 0.717) is 17.2 Å². The highest BCUT2D eigenvalue weighted by Gasteiger charge is 2.05. The maximum absolute atomic E-state index is 10.8. The zero-order valence-corrected chi connectivity index (χ0v) is 8.67. The molecule has 1 aromatic carbocycles. The van der Waals surface area contributed by atoms with Gasteiger partial charge in [-0.1, -0.05) is 36.4 Å². The molecule has 74 valence electrons. The van der Waals surface area contributed by atoms with E-state index >= 15 is 0 Å². The van der Waals surface area contributed by atoms with Gasteiger partial charge in [-0.3, -0.25) is 4.79 Å². The SMILES string of the molecule is C=C(Cl)Cc1ccccc1OC(C)=O. The Bertz CT molecular complexity index is 323. The summed E-state index contributed by atoms with van der Waals surface area (Å²) in [7, 11) is 0.